The molecule has 2 aromatic carbocycles. The van der Waals surface area contributed by atoms with E-state index < -0.39 is 15.8 Å². The Balaban J connectivity index is 2.34. The van der Waals surface area contributed by atoms with Gasteiger partial charge in [0.2, 0.25) is 0 Å². The van der Waals surface area contributed by atoms with Gasteiger partial charge in [-0.25, -0.2) is 12.8 Å². The Hall–Kier alpha value is -2.41. The van der Waals surface area contributed by atoms with Crippen molar-refractivity contribution in [1.82, 2.24) is 5.32 Å². The number of halogens is 1. The first-order valence-electron chi connectivity index (χ1n) is 9.20. The smallest absolute Gasteiger partial charge is 0.264 e. The zero-order chi connectivity index (χ0) is 21.1. The SMILES string of the molecule is CC(C)C(NC(=O)c1cccc(S(=O)(=O)N(C)c2ccccc2F)c1)C(C)C. The summed E-state index contributed by atoms with van der Waals surface area (Å²) < 4.78 is 40.7. The summed E-state index contributed by atoms with van der Waals surface area (Å²) in [6.45, 7) is 8.09. The standard InChI is InChI=1S/C21H27FN2O3S/c1-14(2)20(15(3)4)23-21(25)16-9-8-10-17(13-16)28(26,27)24(5)19-12-7-6-11-18(19)22/h6-15,20H,1-5H3,(H,23,25). The second kappa shape index (κ2) is 8.73. The van der Waals surface area contributed by atoms with E-state index in [9.17, 15) is 17.6 Å². The molecule has 0 saturated carbocycles. The predicted octanol–water partition coefficient (Wildman–Crippen LogP) is 4.06. The van der Waals surface area contributed by atoms with Gasteiger partial charge in [-0.05, 0) is 42.2 Å². The van der Waals surface area contributed by atoms with E-state index in [0.717, 1.165) is 4.31 Å². The van der Waals surface area contributed by atoms with Crippen LogP contribution in [0.2, 0.25) is 0 Å². The van der Waals surface area contributed by atoms with Crippen molar-refractivity contribution in [2.24, 2.45) is 11.8 Å². The lowest BCUT2D eigenvalue weighted by Gasteiger charge is -2.26. The molecule has 152 valence electrons. The highest BCUT2D eigenvalue weighted by molar-refractivity contribution is 7.92. The van der Waals surface area contributed by atoms with Crippen molar-refractivity contribution in [3.63, 3.8) is 0 Å². The maximum absolute atomic E-state index is 14.0. The third-order valence-electron chi connectivity index (χ3n) is 4.68. The number of hydrogen-bond acceptors (Lipinski definition) is 3. The second-order valence-corrected chi connectivity index (χ2v) is 9.41. The molecule has 28 heavy (non-hydrogen) atoms. The number of hydrogen-bond donors (Lipinski definition) is 1. The number of carbonyl (C=O) groups excluding carboxylic acids is 1. The molecule has 0 aromatic heterocycles. The van der Waals surface area contributed by atoms with Crippen LogP contribution in [-0.4, -0.2) is 27.4 Å². The molecule has 1 N–H and O–H groups in total. The van der Waals surface area contributed by atoms with Gasteiger partial charge in [-0.15, -0.1) is 0 Å². The van der Waals surface area contributed by atoms with Crippen LogP contribution in [0.3, 0.4) is 0 Å². The van der Waals surface area contributed by atoms with Crippen molar-refractivity contribution < 1.29 is 17.6 Å². The van der Waals surface area contributed by atoms with Crippen LogP contribution >= 0.6 is 0 Å². The highest BCUT2D eigenvalue weighted by atomic mass is 32.2. The fourth-order valence-corrected chi connectivity index (χ4v) is 4.38. The molecule has 2 aromatic rings. The number of anilines is 1. The molecule has 0 spiro atoms. The van der Waals surface area contributed by atoms with E-state index >= 15 is 0 Å². The summed E-state index contributed by atoms with van der Waals surface area (Å²) in [4.78, 5) is 12.6. The minimum absolute atomic E-state index is 0.0335. The highest BCUT2D eigenvalue weighted by Gasteiger charge is 2.25. The predicted molar refractivity (Wildman–Crippen MR) is 109 cm³/mol. The number of nitrogens with zero attached hydrogens (tertiary/aromatic N) is 1. The van der Waals surface area contributed by atoms with Gasteiger partial charge >= 0.3 is 0 Å². The zero-order valence-corrected chi connectivity index (χ0v) is 17.6. The number of nitrogens with one attached hydrogen (secondary N) is 1. The van der Waals surface area contributed by atoms with Gasteiger partial charge in [0.1, 0.15) is 5.82 Å². The molecule has 5 nitrogen and oxygen atoms in total. The topological polar surface area (TPSA) is 66.5 Å². The minimum Gasteiger partial charge on any atom is -0.349 e. The fraction of sp³-hybridized carbons (Fsp3) is 0.381. The average Bonchev–Trinajstić information content (AvgIpc) is 2.65. The first-order valence-corrected chi connectivity index (χ1v) is 10.6. The van der Waals surface area contributed by atoms with Crippen LogP contribution in [0, 0.1) is 17.7 Å². The Morgan fingerprint density at radius 1 is 1.00 bits per heavy atom. The van der Waals surface area contributed by atoms with Crippen LogP contribution in [0.15, 0.2) is 53.4 Å². The lowest BCUT2D eigenvalue weighted by molar-refractivity contribution is 0.0910. The number of benzene rings is 2. The minimum atomic E-state index is -4.02. The molecule has 0 saturated heterocycles. The van der Waals surface area contributed by atoms with E-state index in [1.165, 1.54) is 43.4 Å². The van der Waals surface area contributed by atoms with Crippen molar-refractivity contribution in [2.45, 2.75) is 38.6 Å². The van der Waals surface area contributed by atoms with E-state index in [-0.39, 0.29) is 39.9 Å². The van der Waals surface area contributed by atoms with E-state index in [2.05, 4.69) is 5.32 Å². The van der Waals surface area contributed by atoms with Gasteiger partial charge in [-0.2, -0.15) is 0 Å². The van der Waals surface area contributed by atoms with Crippen LogP contribution in [0.1, 0.15) is 38.1 Å². The lowest BCUT2D eigenvalue weighted by Crippen LogP contribution is -2.42. The molecule has 2 rings (SSSR count). The van der Waals surface area contributed by atoms with Crippen LogP contribution in [-0.2, 0) is 10.0 Å². The summed E-state index contributed by atoms with van der Waals surface area (Å²) in [5, 5.41) is 2.97. The van der Waals surface area contributed by atoms with Gasteiger partial charge in [-0.3, -0.25) is 9.10 Å². The molecule has 0 atom stereocenters. The van der Waals surface area contributed by atoms with Gasteiger partial charge in [0.05, 0.1) is 10.6 Å². The molecular weight excluding hydrogens is 379 g/mol. The number of para-hydroxylation sites is 1. The molecule has 1 amide bonds. The maximum Gasteiger partial charge on any atom is 0.264 e. The first-order chi connectivity index (χ1) is 13.1. The summed E-state index contributed by atoms with van der Waals surface area (Å²) in [5.41, 5.74) is 0.186. The average molecular weight is 407 g/mol. The number of rotatable bonds is 7. The van der Waals surface area contributed by atoms with Crippen LogP contribution in [0.5, 0.6) is 0 Å². The summed E-state index contributed by atoms with van der Waals surface area (Å²) in [5.74, 6) is -0.497. The summed E-state index contributed by atoms with van der Waals surface area (Å²) in [6, 6.07) is 11.4. The molecule has 0 radical (unpaired) electrons. The highest BCUT2D eigenvalue weighted by Crippen LogP contribution is 2.25. The van der Waals surface area contributed by atoms with Gasteiger partial charge in [0.15, 0.2) is 0 Å². The fourth-order valence-electron chi connectivity index (χ4n) is 3.13. The van der Waals surface area contributed by atoms with Gasteiger partial charge in [-0.1, -0.05) is 45.9 Å². The molecule has 0 heterocycles. The quantitative estimate of drug-likeness (QED) is 0.754. The maximum atomic E-state index is 14.0. The molecular formula is C21H27FN2O3S. The van der Waals surface area contributed by atoms with Crippen molar-refractivity contribution in [2.75, 3.05) is 11.4 Å². The zero-order valence-electron chi connectivity index (χ0n) is 16.8. The van der Waals surface area contributed by atoms with Gasteiger partial charge < -0.3 is 5.32 Å². The van der Waals surface area contributed by atoms with Crippen molar-refractivity contribution in [3.8, 4) is 0 Å². The Labute approximate surface area is 166 Å². The summed E-state index contributed by atoms with van der Waals surface area (Å²) in [7, 11) is -2.73. The number of amides is 1. The van der Waals surface area contributed by atoms with E-state index in [1.54, 1.807) is 12.1 Å². The molecule has 0 unspecified atom stereocenters. The van der Waals surface area contributed by atoms with E-state index in [0.29, 0.717) is 0 Å². The van der Waals surface area contributed by atoms with Crippen LogP contribution in [0.25, 0.3) is 0 Å². The molecule has 0 aliphatic rings. The molecule has 0 bridgehead atoms. The molecule has 0 fully saturated rings. The van der Waals surface area contributed by atoms with Crippen molar-refractivity contribution in [3.05, 3.63) is 59.9 Å². The van der Waals surface area contributed by atoms with Gasteiger partial charge in [0.25, 0.3) is 15.9 Å². The molecule has 7 heteroatoms. The van der Waals surface area contributed by atoms with Gasteiger partial charge in [0, 0.05) is 18.7 Å². The van der Waals surface area contributed by atoms with Crippen LogP contribution < -0.4 is 9.62 Å². The third-order valence-corrected chi connectivity index (χ3v) is 6.45. The van der Waals surface area contributed by atoms with E-state index in [4.69, 9.17) is 0 Å². The normalized spacial score (nSPS) is 11.9. The Morgan fingerprint density at radius 3 is 2.18 bits per heavy atom. The largest absolute Gasteiger partial charge is 0.349 e. The molecule has 0 aliphatic heterocycles. The van der Waals surface area contributed by atoms with E-state index in [1.807, 2.05) is 27.7 Å². The summed E-state index contributed by atoms with van der Waals surface area (Å²) >= 11 is 0. The van der Waals surface area contributed by atoms with Crippen molar-refractivity contribution in [1.29, 1.82) is 0 Å². The Kier molecular flexibility index (Phi) is 6.82. The number of carbonyl (C=O) groups is 1. The molecule has 0 aliphatic carbocycles. The second-order valence-electron chi connectivity index (χ2n) is 7.44. The lowest BCUT2D eigenvalue weighted by atomic mass is 9.93. The third kappa shape index (κ3) is 4.70. The monoisotopic (exact) mass is 406 g/mol. The van der Waals surface area contributed by atoms with Crippen molar-refractivity contribution >= 4 is 21.6 Å². The van der Waals surface area contributed by atoms with Crippen LogP contribution in [0.4, 0.5) is 10.1 Å². The Bertz CT molecular complexity index is 934. The summed E-state index contributed by atoms with van der Waals surface area (Å²) in [6.07, 6.45) is 0. The Morgan fingerprint density at radius 2 is 1.61 bits per heavy atom. The first kappa shape index (κ1) is 21.9. The number of sulfonamides is 1.